The first-order chi connectivity index (χ1) is 16.3. The summed E-state index contributed by atoms with van der Waals surface area (Å²) in [5, 5.41) is 7.53. The van der Waals surface area contributed by atoms with Crippen LogP contribution in [-0.4, -0.2) is 23.9 Å². The van der Waals surface area contributed by atoms with Crippen LogP contribution in [0.15, 0.2) is 75.2 Å². The number of benzene rings is 2. The van der Waals surface area contributed by atoms with Crippen LogP contribution in [0, 0.1) is 0 Å². The molecule has 0 aliphatic rings. The van der Waals surface area contributed by atoms with Crippen molar-refractivity contribution in [3.05, 3.63) is 103 Å². The Labute approximate surface area is 198 Å². The average Bonchev–Trinajstić information content (AvgIpc) is 2.81. The number of nitrogens with one attached hydrogen (secondary N) is 1. The lowest BCUT2D eigenvalue weighted by Gasteiger charge is -2.15. The lowest BCUT2D eigenvalue weighted by atomic mass is 10.2. The summed E-state index contributed by atoms with van der Waals surface area (Å²) >= 11 is 5.96. The molecule has 174 valence electrons. The van der Waals surface area contributed by atoms with E-state index in [1.165, 1.54) is 21.5 Å². The second-order valence-electron chi connectivity index (χ2n) is 7.36. The van der Waals surface area contributed by atoms with Gasteiger partial charge in [0.05, 0.1) is 12.7 Å². The van der Waals surface area contributed by atoms with Crippen LogP contribution in [0.3, 0.4) is 0 Å². The van der Waals surface area contributed by atoms with Crippen LogP contribution in [-0.2, 0) is 20.1 Å². The fourth-order valence-electron chi connectivity index (χ4n) is 3.19. The Balaban J connectivity index is 1.61. The number of ether oxygens (including phenoxy) is 1. The van der Waals surface area contributed by atoms with Gasteiger partial charge in [-0.2, -0.15) is 10.1 Å². The monoisotopic (exact) mass is 480 g/mol. The molecule has 11 heteroatoms. The molecule has 2 heterocycles. The maximum absolute atomic E-state index is 13.0. The third kappa shape index (κ3) is 5.07. The van der Waals surface area contributed by atoms with E-state index in [-0.39, 0.29) is 24.6 Å². The summed E-state index contributed by atoms with van der Waals surface area (Å²) in [5.74, 6) is 0.901. The molecule has 0 saturated heterocycles. The highest BCUT2D eigenvalue weighted by Crippen LogP contribution is 2.23. The van der Waals surface area contributed by atoms with E-state index in [0.717, 1.165) is 10.1 Å². The highest BCUT2D eigenvalue weighted by Gasteiger charge is 2.13. The molecule has 0 bridgehead atoms. The number of aromatic nitrogens is 5. The number of rotatable bonds is 7. The number of halogens is 1. The Hall–Kier alpha value is -4.18. The second kappa shape index (κ2) is 9.75. The third-order valence-electron chi connectivity index (χ3n) is 5.01. The smallest absolute Gasteiger partial charge is 0.354 e. The molecule has 1 N–H and O–H groups in total. The summed E-state index contributed by atoms with van der Waals surface area (Å²) in [6.07, 6.45) is 1.44. The van der Waals surface area contributed by atoms with Gasteiger partial charge >= 0.3 is 11.4 Å². The fourth-order valence-corrected chi connectivity index (χ4v) is 3.32. The lowest BCUT2D eigenvalue weighted by Crippen LogP contribution is -2.42. The Kier molecular flexibility index (Phi) is 6.60. The van der Waals surface area contributed by atoms with Gasteiger partial charge < -0.3 is 10.1 Å². The molecule has 0 aliphatic heterocycles. The first-order valence-electron chi connectivity index (χ1n) is 10.4. The molecular formula is C23H21ClN6O4. The number of aryl methyl sites for hydroxylation is 1. The maximum Gasteiger partial charge on any atom is 0.354 e. The van der Waals surface area contributed by atoms with Gasteiger partial charge in [-0.3, -0.25) is 9.36 Å². The minimum Gasteiger partial charge on any atom is -0.455 e. The summed E-state index contributed by atoms with van der Waals surface area (Å²) in [4.78, 5) is 41.1. The minimum atomic E-state index is -0.638. The van der Waals surface area contributed by atoms with Crippen LogP contribution < -0.4 is 27.0 Å². The van der Waals surface area contributed by atoms with Gasteiger partial charge in [-0.25, -0.2) is 18.8 Å². The molecule has 2 aromatic carbocycles. The summed E-state index contributed by atoms with van der Waals surface area (Å²) in [7, 11) is 1.55. The van der Waals surface area contributed by atoms with Gasteiger partial charge in [0.2, 0.25) is 5.95 Å². The third-order valence-corrected chi connectivity index (χ3v) is 5.26. The first-order valence-corrected chi connectivity index (χ1v) is 10.8. The molecule has 2 aromatic heterocycles. The topological polar surface area (TPSA) is 113 Å². The van der Waals surface area contributed by atoms with Gasteiger partial charge in [-0.1, -0.05) is 23.7 Å². The Morgan fingerprint density at radius 3 is 2.32 bits per heavy atom. The molecule has 4 aromatic rings. The first kappa shape index (κ1) is 23.0. The molecule has 34 heavy (non-hydrogen) atoms. The molecule has 0 amide bonds. The lowest BCUT2D eigenvalue weighted by molar-refractivity contribution is 0.472. The van der Waals surface area contributed by atoms with Crippen LogP contribution in [0.1, 0.15) is 12.5 Å². The molecule has 0 unspecified atom stereocenters. The number of anilines is 2. The van der Waals surface area contributed by atoms with Gasteiger partial charge in [0.25, 0.3) is 5.56 Å². The van der Waals surface area contributed by atoms with Crippen molar-refractivity contribution in [1.29, 1.82) is 0 Å². The normalized spacial score (nSPS) is 10.8. The molecule has 0 spiro atoms. The zero-order chi connectivity index (χ0) is 24.2. The molecule has 4 rings (SSSR count). The quantitative estimate of drug-likeness (QED) is 0.432. The molecule has 10 nitrogen and oxygen atoms in total. The number of nitrogens with zero attached hydrogens (tertiary/aromatic N) is 5. The Morgan fingerprint density at radius 1 is 0.971 bits per heavy atom. The van der Waals surface area contributed by atoms with Crippen LogP contribution in [0.5, 0.6) is 11.5 Å². The summed E-state index contributed by atoms with van der Waals surface area (Å²) in [6.45, 7) is 2.11. The molecule has 0 aliphatic carbocycles. The van der Waals surface area contributed by atoms with Crippen molar-refractivity contribution in [2.75, 3.05) is 5.32 Å². The molecular weight excluding hydrogens is 460 g/mol. The average molecular weight is 481 g/mol. The van der Waals surface area contributed by atoms with Crippen LogP contribution >= 0.6 is 11.6 Å². The zero-order valence-electron chi connectivity index (χ0n) is 18.4. The predicted molar refractivity (Wildman–Crippen MR) is 128 cm³/mol. The highest BCUT2D eigenvalue weighted by molar-refractivity contribution is 6.30. The van der Waals surface area contributed by atoms with Gasteiger partial charge in [0.1, 0.15) is 5.75 Å². The summed E-state index contributed by atoms with van der Waals surface area (Å²) in [6, 6.07) is 15.2. The second-order valence-corrected chi connectivity index (χ2v) is 7.80. The molecule has 0 atom stereocenters. The van der Waals surface area contributed by atoms with Crippen molar-refractivity contribution >= 4 is 23.2 Å². The van der Waals surface area contributed by atoms with Crippen molar-refractivity contribution in [3.8, 4) is 11.5 Å². The predicted octanol–water partition coefficient (Wildman–Crippen LogP) is 2.76. The number of hydrogen-bond donors (Lipinski definition) is 1. The van der Waals surface area contributed by atoms with Gasteiger partial charge in [-0.15, -0.1) is 0 Å². The van der Waals surface area contributed by atoms with Gasteiger partial charge in [-0.05, 0) is 48.9 Å². The van der Waals surface area contributed by atoms with Crippen molar-refractivity contribution in [2.45, 2.75) is 20.0 Å². The largest absolute Gasteiger partial charge is 0.455 e. The van der Waals surface area contributed by atoms with Crippen molar-refractivity contribution in [2.24, 2.45) is 7.05 Å². The fraction of sp³-hybridized carbons (Fsp3) is 0.174. The van der Waals surface area contributed by atoms with Crippen molar-refractivity contribution < 1.29 is 4.74 Å². The SMILES string of the molecule is CCn1c(=O)nc(Nc2ccc(Oc3cnn(C)c(=O)c3)cc2)n(Cc2ccc(Cl)cc2)c1=O. The molecule has 0 radical (unpaired) electrons. The van der Waals surface area contributed by atoms with E-state index in [2.05, 4.69) is 15.4 Å². The minimum absolute atomic E-state index is 0.110. The Morgan fingerprint density at radius 2 is 1.68 bits per heavy atom. The highest BCUT2D eigenvalue weighted by atomic mass is 35.5. The van der Waals surface area contributed by atoms with Crippen LogP contribution in [0.25, 0.3) is 0 Å². The summed E-state index contributed by atoms with van der Waals surface area (Å²) in [5.41, 5.74) is 0.00438. The van der Waals surface area contributed by atoms with Crippen LogP contribution in [0.2, 0.25) is 5.02 Å². The van der Waals surface area contributed by atoms with Gasteiger partial charge in [0.15, 0.2) is 5.75 Å². The van der Waals surface area contributed by atoms with Gasteiger partial charge in [0, 0.05) is 30.4 Å². The maximum atomic E-state index is 13.0. The van der Waals surface area contributed by atoms with E-state index in [9.17, 15) is 14.4 Å². The van der Waals surface area contributed by atoms with E-state index in [4.69, 9.17) is 16.3 Å². The van der Waals surface area contributed by atoms with E-state index in [1.807, 2.05) is 0 Å². The van der Waals surface area contributed by atoms with Crippen LogP contribution in [0.4, 0.5) is 11.6 Å². The number of hydrogen-bond acceptors (Lipinski definition) is 7. The Bertz CT molecular complexity index is 1490. The van der Waals surface area contributed by atoms with Crippen molar-refractivity contribution in [3.63, 3.8) is 0 Å². The van der Waals surface area contributed by atoms with Crippen molar-refractivity contribution in [1.82, 2.24) is 23.9 Å². The van der Waals surface area contributed by atoms with E-state index in [0.29, 0.717) is 22.2 Å². The zero-order valence-corrected chi connectivity index (χ0v) is 19.2. The van der Waals surface area contributed by atoms with E-state index >= 15 is 0 Å². The van der Waals surface area contributed by atoms with E-state index < -0.39 is 11.4 Å². The molecule has 0 saturated carbocycles. The summed E-state index contributed by atoms with van der Waals surface area (Å²) < 4.78 is 9.32. The van der Waals surface area contributed by atoms with E-state index in [1.54, 1.807) is 62.5 Å². The molecule has 0 fully saturated rings. The standard InChI is InChI=1S/C23H21ClN6O4/c1-3-29-22(32)27-21(30(23(29)33)14-15-4-6-16(24)7-5-15)26-17-8-10-18(11-9-17)34-19-12-20(31)28(2)25-13-19/h4-13H,3,14H2,1-2H3,(H,26,27,32).